The summed E-state index contributed by atoms with van der Waals surface area (Å²) in [7, 11) is 1.59. The predicted octanol–water partition coefficient (Wildman–Crippen LogP) is 3.88. The minimum Gasteiger partial charge on any atom is -0.481 e. The number of carboxylic acid groups (broad SMARTS) is 1. The third-order valence-electron chi connectivity index (χ3n) is 6.30. The number of carboxylic acids is 1. The Morgan fingerprint density at radius 1 is 1.22 bits per heavy atom. The van der Waals surface area contributed by atoms with E-state index in [4.69, 9.17) is 26.2 Å². The Morgan fingerprint density at radius 2 is 2.03 bits per heavy atom. The van der Waals surface area contributed by atoms with Crippen molar-refractivity contribution in [2.45, 2.75) is 44.8 Å². The van der Waals surface area contributed by atoms with E-state index in [1.54, 1.807) is 19.5 Å². The second-order valence-electron chi connectivity index (χ2n) is 8.49. The van der Waals surface area contributed by atoms with Gasteiger partial charge in [-0.3, -0.25) is 4.79 Å². The maximum absolute atomic E-state index is 11.1. The van der Waals surface area contributed by atoms with Crippen molar-refractivity contribution in [3.8, 4) is 11.8 Å². The van der Waals surface area contributed by atoms with Crippen LogP contribution in [0, 0.1) is 5.92 Å². The molecule has 0 spiro atoms. The summed E-state index contributed by atoms with van der Waals surface area (Å²) in [4.78, 5) is 24.2. The van der Waals surface area contributed by atoms with E-state index in [1.807, 2.05) is 18.2 Å². The SMILES string of the molecule is COc1cc(N2CCC(Oc3ccc(N4CCCC4CC(=O)O)cn3)C(C)C2)c(Cl)cn1. The smallest absolute Gasteiger partial charge is 0.305 e. The van der Waals surface area contributed by atoms with Crippen LogP contribution in [-0.2, 0) is 4.79 Å². The van der Waals surface area contributed by atoms with Crippen molar-refractivity contribution in [2.75, 3.05) is 36.5 Å². The van der Waals surface area contributed by atoms with Crippen molar-refractivity contribution >= 4 is 28.9 Å². The summed E-state index contributed by atoms with van der Waals surface area (Å²) in [5.41, 5.74) is 1.87. The van der Waals surface area contributed by atoms with Crippen LogP contribution in [0.5, 0.6) is 11.8 Å². The van der Waals surface area contributed by atoms with Crippen LogP contribution < -0.4 is 19.3 Å². The first kappa shape index (κ1) is 22.5. The van der Waals surface area contributed by atoms with Gasteiger partial charge in [-0.2, -0.15) is 0 Å². The molecule has 0 saturated carbocycles. The first-order chi connectivity index (χ1) is 15.4. The number of carbonyl (C=O) groups is 1. The molecule has 4 rings (SSSR count). The van der Waals surface area contributed by atoms with E-state index in [0.717, 1.165) is 50.3 Å². The van der Waals surface area contributed by atoms with Gasteiger partial charge in [-0.25, -0.2) is 9.97 Å². The molecule has 9 heteroatoms. The molecule has 0 bridgehead atoms. The number of halogens is 1. The van der Waals surface area contributed by atoms with Crippen molar-refractivity contribution in [3.05, 3.63) is 35.6 Å². The Balaban J connectivity index is 1.37. The number of aliphatic carboxylic acids is 1. The van der Waals surface area contributed by atoms with Crippen LogP contribution >= 0.6 is 11.6 Å². The van der Waals surface area contributed by atoms with Crippen LogP contribution in [0.4, 0.5) is 11.4 Å². The molecule has 172 valence electrons. The lowest BCUT2D eigenvalue weighted by molar-refractivity contribution is -0.137. The average molecular weight is 461 g/mol. The van der Waals surface area contributed by atoms with Crippen molar-refractivity contribution in [3.63, 3.8) is 0 Å². The molecule has 0 radical (unpaired) electrons. The normalized spacial score (nSPS) is 23.3. The highest BCUT2D eigenvalue weighted by molar-refractivity contribution is 6.33. The first-order valence-electron chi connectivity index (χ1n) is 11.0. The monoisotopic (exact) mass is 460 g/mol. The molecule has 2 saturated heterocycles. The van der Waals surface area contributed by atoms with Crippen LogP contribution in [0.25, 0.3) is 0 Å². The fourth-order valence-electron chi connectivity index (χ4n) is 4.64. The summed E-state index contributed by atoms with van der Waals surface area (Å²) < 4.78 is 11.5. The largest absolute Gasteiger partial charge is 0.481 e. The van der Waals surface area contributed by atoms with Crippen molar-refractivity contribution in [1.29, 1.82) is 0 Å². The zero-order chi connectivity index (χ0) is 22.7. The fourth-order valence-corrected chi connectivity index (χ4v) is 4.86. The minimum atomic E-state index is -0.762. The molecule has 2 aliphatic rings. The molecule has 1 N–H and O–H groups in total. The lowest BCUT2D eigenvalue weighted by Gasteiger charge is -2.38. The molecule has 3 unspecified atom stereocenters. The van der Waals surface area contributed by atoms with Gasteiger partial charge in [-0.15, -0.1) is 0 Å². The van der Waals surface area contributed by atoms with Gasteiger partial charge in [0.25, 0.3) is 0 Å². The topological polar surface area (TPSA) is 88.0 Å². The van der Waals surface area contributed by atoms with Gasteiger partial charge < -0.3 is 24.4 Å². The number of rotatable bonds is 7. The lowest BCUT2D eigenvalue weighted by atomic mass is 9.96. The van der Waals surface area contributed by atoms with Gasteiger partial charge >= 0.3 is 5.97 Å². The molecule has 32 heavy (non-hydrogen) atoms. The maximum Gasteiger partial charge on any atom is 0.305 e. The number of hydrogen-bond donors (Lipinski definition) is 1. The Labute approximate surface area is 193 Å². The first-order valence-corrected chi connectivity index (χ1v) is 11.4. The van der Waals surface area contributed by atoms with Crippen LogP contribution in [0.2, 0.25) is 5.02 Å². The second kappa shape index (κ2) is 9.81. The lowest BCUT2D eigenvalue weighted by Crippen LogP contribution is -2.44. The number of aromatic nitrogens is 2. The molecule has 0 aliphatic carbocycles. The number of methoxy groups -OCH3 is 1. The Morgan fingerprint density at radius 3 is 2.72 bits per heavy atom. The predicted molar refractivity (Wildman–Crippen MR) is 123 cm³/mol. The summed E-state index contributed by atoms with van der Waals surface area (Å²) in [6.45, 7) is 4.64. The van der Waals surface area contributed by atoms with E-state index in [2.05, 4.69) is 26.7 Å². The Kier molecular flexibility index (Phi) is 6.89. The van der Waals surface area contributed by atoms with Crippen LogP contribution in [0.15, 0.2) is 30.6 Å². The summed E-state index contributed by atoms with van der Waals surface area (Å²) in [6.07, 6.45) is 6.36. The van der Waals surface area contributed by atoms with Gasteiger partial charge in [0.1, 0.15) is 6.10 Å². The van der Waals surface area contributed by atoms with E-state index < -0.39 is 5.97 Å². The highest BCUT2D eigenvalue weighted by Crippen LogP contribution is 2.33. The molecule has 2 aromatic heterocycles. The molecule has 2 aromatic rings. The zero-order valence-electron chi connectivity index (χ0n) is 18.4. The molecular formula is C23H29ClN4O4. The molecular weight excluding hydrogens is 432 g/mol. The number of piperidine rings is 1. The number of ether oxygens (including phenoxy) is 2. The highest BCUT2D eigenvalue weighted by Gasteiger charge is 2.30. The summed E-state index contributed by atoms with van der Waals surface area (Å²) in [5, 5.41) is 9.75. The van der Waals surface area contributed by atoms with E-state index in [1.165, 1.54) is 0 Å². The van der Waals surface area contributed by atoms with Crippen LogP contribution in [0.3, 0.4) is 0 Å². The quantitative estimate of drug-likeness (QED) is 0.666. The van der Waals surface area contributed by atoms with Gasteiger partial charge in [-0.1, -0.05) is 18.5 Å². The number of nitrogens with zero attached hydrogens (tertiary/aromatic N) is 4. The molecule has 2 fully saturated rings. The summed E-state index contributed by atoms with van der Waals surface area (Å²) >= 11 is 6.37. The highest BCUT2D eigenvalue weighted by atomic mass is 35.5. The molecule has 3 atom stereocenters. The standard InChI is InChI=1S/C23H29ClN4O4/c1-15-14-27(19-11-22(31-2)26-13-18(19)24)9-7-20(15)32-21-6-5-17(12-25-21)28-8-3-4-16(28)10-23(29)30/h5-6,11-13,15-16,20H,3-4,7-10,14H2,1-2H3,(H,29,30). The van der Waals surface area contributed by atoms with Gasteiger partial charge in [0.15, 0.2) is 0 Å². The van der Waals surface area contributed by atoms with E-state index in [-0.39, 0.29) is 24.5 Å². The fraction of sp³-hybridized carbons (Fsp3) is 0.522. The van der Waals surface area contributed by atoms with Crippen molar-refractivity contribution < 1.29 is 19.4 Å². The van der Waals surface area contributed by atoms with E-state index in [0.29, 0.717) is 16.8 Å². The summed E-state index contributed by atoms with van der Waals surface area (Å²) in [5.74, 6) is 0.653. The van der Waals surface area contributed by atoms with Gasteiger partial charge in [0.2, 0.25) is 11.8 Å². The Bertz CT molecular complexity index is 942. The third kappa shape index (κ3) is 5.01. The molecule has 0 aromatic carbocycles. The van der Waals surface area contributed by atoms with E-state index >= 15 is 0 Å². The number of hydrogen-bond acceptors (Lipinski definition) is 7. The molecule has 8 nitrogen and oxygen atoms in total. The van der Waals surface area contributed by atoms with Crippen molar-refractivity contribution in [1.82, 2.24) is 9.97 Å². The zero-order valence-corrected chi connectivity index (χ0v) is 19.2. The Hall–Kier alpha value is -2.74. The van der Waals surface area contributed by atoms with Gasteiger partial charge in [0, 0.05) is 50.1 Å². The maximum atomic E-state index is 11.1. The molecule has 2 aliphatic heterocycles. The van der Waals surface area contributed by atoms with Crippen molar-refractivity contribution in [2.24, 2.45) is 5.92 Å². The third-order valence-corrected chi connectivity index (χ3v) is 6.59. The molecule has 0 amide bonds. The number of anilines is 2. The minimum absolute atomic E-state index is 0.0315. The molecule has 4 heterocycles. The van der Waals surface area contributed by atoms with Crippen LogP contribution in [-0.4, -0.2) is 59.9 Å². The number of pyridine rings is 2. The average Bonchev–Trinajstić information content (AvgIpc) is 3.23. The van der Waals surface area contributed by atoms with E-state index in [9.17, 15) is 4.79 Å². The summed E-state index contributed by atoms with van der Waals surface area (Å²) in [6, 6.07) is 5.76. The van der Waals surface area contributed by atoms with Crippen LogP contribution in [0.1, 0.15) is 32.6 Å². The van der Waals surface area contributed by atoms with Gasteiger partial charge in [0.05, 0.1) is 42.3 Å². The van der Waals surface area contributed by atoms with Gasteiger partial charge in [-0.05, 0) is 18.9 Å². The second-order valence-corrected chi connectivity index (χ2v) is 8.90.